The third-order valence-corrected chi connectivity index (χ3v) is 4.29. The Balaban J connectivity index is 2.96. The van der Waals surface area contributed by atoms with Crippen LogP contribution in [0.15, 0.2) is 22.7 Å². The second-order valence-corrected chi connectivity index (χ2v) is 5.97. The van der Waals surface area contributed by atoms with Gasteiger partial charge in [0.15, 0.2) is 0 Å². The molecule has 1 aromatic carbocycles. The summed E-state index contributed by atoms with van der Waals surface area (Å²) in [6.45, 7) is 5.98. The maximum Gasteiger partial charge on any atom is 0.244 e. The Hall–Kier alpha value is -1.34. The topological polar surface area (TPSA) is 52.9 Å². The lowest BCUT2D eigenvalue weighted by atomic mass is 9.79. The Morgan fingerprint density at radius 3 is 2.40 bits per heavy atom. The van der Waals surface area contributed by atoms with Gasteiger partial charge in [0.25, 0.3) is 0 Å². The van der Waals surface area contributed by atoms with Crippen LogP contribution in [0, 0.1) is 23.7 Å². The summed E-state index contributed by atoms with van der Waals surface area (Å²) >= 11 is 3.45. The first-order valence-corrected chi connectivity index (χ1v) is 7.77. The Labute approximate surface area is 129 Å². The number of amides is 1. The van der Waals surface area contributed by atoms with Crippen molar-refractivity contribution in [3.05, 3.63) is 28.2 Å². The fraction of sp³-hybridized carbons (Fsp3) is 0.500. The predicted octanol–water partition coefficient (Wildman–Crippen LogP) is 4.81. The second kappa shape index (κ2) is 7.44. The number of hydrogen-bond donors (Lipinski definition) is 1. The first-order valence-electron chi connectivity index (χ1n) is 6.98. The minimum absolute atomic E-state index is 0.195. The summed E-state index contributed by atoms with van der Waals surface area (Å²) in [5, 5.41) is 12.3. The number of halogens is 1. The van der Waals surface area contributed by atoms with Gasteiger partial charge in [-0.2, -0.15) is 5.26 Å². The average molecular weight is 337 g/mol. The van der Waals surface area contributed by atoms with Crippen LogP contribution in [0.4, 0.5) is 5.69 Å². The SMILES string of the molecule is CCCC(C#N)(CCC)C(=O)Nc1ccc(C)c(Br)c1. The van der Waals surface area contributed by atoms with Gasteiger partial charge >= 0.3 is 0 Å². The Morgan fingerprint density at radius 1 is 1.35 bits per heavy atom. The maximum atomic E-state index is 12.5. The minimum Gasteiger partial charge on any atom is -0.325 e. The van der Waals surface area contributed by atoms with Crippen LogP contribution in [0.1, 0.15) is 45.1 Å². The molecule has 1 rings (SSSR count). The zero-order valence-electron chi connectivity index (χ0n) is 12.3. The van der Waals surface area contributed by atoms with Gasteiger partial charge in [0.2, 0.25) is 5.91 Å². The van der Waals surface area contributed by atoms with Crippen molar-refractivity contribution in [3.63, 3.8) is 0 Å². The van der Waals surface area contributed by atoms with Gasteiger partial charge < -0.3 is 5.32 Å². The number of nitrogens with one attached hydrogen (secondary N) is 1. The zero-order chi connectivity index (χ0) is 15.2. The molecule has 0 heterocycles. The van der Waals surface area contributed by atoms with E-state index in [1.54, 1.807) is 0 Å². The molecule has 0 saturated heterocycles. The van der Waals surface area contributed by atoms with Gasteiger partial charge in [-0.05, 0) is 37.5 Å². The van der Waals surface area contributed by atoms with E-state index in [1.807, 2.05) is 39.0 Å². The van der Waals surface area contributed by atoms with Crippen LogP contribution in [-0.4, -0.2) is 5.91 Å². The molecule has 108 valence electrons. The van der Waals surface area contributed by atoms with E-state index in [0.717, 1.165) is 28.6 Å². The van der Waals surface area contributed by atoms with Crippen LogP contribution < -0.4 is 5.32 Å². The fourth-order valence-corrected chi connectivity index (χ4v) is 2.67. The third-order valence-electron chi connectivity index (χ3n) is 3.43. The summed E-state index contributed by atoms with van der Waals surface area (Å²) in [7, 11) is 0. The first kappa shape index (κ1) is 16.7. The molecule has 1 N–H and O–H groups in total. The molecule has 1 amide bonds. The Morgan fingerprint density at radius 2 is 1.95 bits per heavy atom. The van der Waals surface area contributed by atoms with Gasteiger partial charge in [0, 0.05) is 10.2 Å². The van der Waals surface area contributed by atoms with E-state index in [0.29, 0.717) is 12.8 Å². The van der Waals surface area contributed by atoms with Crippen LogP contribution in [0.5, 0.6) is 0 Å². The molecule has 0 aromatic heterocycles. The number of carbonyl (C=O) groups is 1. The van der Waals surface area contributed by atoms with Crippen molar-refractivity contribution in [2.75, 3.05) is 5.32 Å². The summed E-state index contributed by atoms with van der Waals surface area (Å²) in [5.74, 6) is -0.195. The standard InChI is InChI=1S/C16H21BrN2O/c1-4-8-16(11-18,9-5-2)15(20)19-13-7-6-12(3)14(17)10-13/h6-7,10H,4-5,8-9H2,1-3H3,(H,19,20). The van der Waals surface area contributed by atoms with Crippen LogP contribution in [0.25, 0.3) is 0 Å². The molecule has 1 aromatic rings. The molecule has 0 bridgehead atoms. The van der Waals surface area contributed by atoms with E-state index in [1.165, 1.54) is 0 Å². The highest BCUT2D eigenvalue weighted by Crippen LogP contribution is 2.31. The summed E-state index contributed by atoms with van der Waals surface area (Å²) < 4.78 is 0.948. The molecule has 4 heteroatoms. The average Bonchev–Trinajstić information content (AvgIpc) is 2.42. The van der Waals surface area contributed by atoms with Crippen molar-refractivity contribution < 1.29 is 4.79 Å². The molecule has 0 aliphatic rings. The molecule has 20 heavy (non-hydrogen) atoms. The third kappa shape index (κ3) is 3.83. The number of anilines is 1. The summed E-state index contributed by atoms with van der Waals surface area (Å²) in [6, 6.07) is 7.91. The molecule has 0 fully saturated rings. The fourth-order valence-electron chi connectivity index (χ4n) is 2.29. The zero-order valence-corrected chi connectivity index (χ0v) is 13.9. The van der Waals surface area contributed by atoms with E-state index in [-0.39, 0.29) is 5.91 Å². The molecular formula is C16H21BrN2O. The number of rotatable bonds is 6. The molecule has 0 aliphatic carbocycles. The van der Waals surface area contributed by atoms with Crippen molar-refractivity contribution >= 4 is 27.5 Å². The quantitative estimate of drug-likeness (QED) is 0.810. The highest BCUT2D eigenvalue weighted by molar-refractivity contribution is 9.10. The lowest BCUT2D eigenvalue weighted by Crippen LogP contribution is -2.35. The number of carbonyl (C=O) groups excluding carboxylic acids is 1. The highest BCUT2D eigenvalue weighted by Gasteiger charge is 2.36. The normalized spacial score (nSPS) is 10.9. The lowest BCUT2D eigenvalue weighted by molar-refractivity contribution is -0.123. The first-order chi connectivity index (χ1) is 9.49. The van der Waals surface area contributed by atoms with Gasteiger partial charge in [-0.15, -0.1) is 0 Å². The largest absolute Gasteiger partial charge is 0.325 e. The van der Waals surface area contributed by atoms with Gasteiger partial charge in [-0.25, -0.2) is 0 Å². The molecule has 0 saturated carbocycles. The van der Waals surface area contributed by atoms with Crippen molar-refractivity contribution in [2.45, 2.75) is 46.5 Å². The van der Waals surface area contributed by atoms with Crippen LogP contribution in [0.3, 0.4) is 0 Å². The second-order valence-electron chi connectivity index (χ2n) is 5.11. The maximum absolute atomic E-state index is 12.5. The monoisotopic (exact) mass is 336 g/mol. The van der Waals surface area contributed by atoms with Gasteiger partial charge in [0.1, 0.15) is 5.41 Å². The van der Waals surface area contributed by atoms with Gasteiger partial charge in [0.05, 0.1) is 6.07 Å². The molecule has 0 aliphatic heterocycles. The van der Waals surface area contributed by atoms with Crippen molar-refractivity contribution in [1.82, 2.24) is 0 Å². The van der Waals surface area contributed by atoms with E-state index in [2.05, 4.69) is 27.3 Å². The predicted molar refractivity (Wildman–Crippen MR) is 85.4 cm³/mol. The van der Waals surface area contributed by atoms with E-state index < -0.39 is 5.41 Å². The van der Waals surface area contributed by atoms with Gasteiger partial charge in [-0.1, -0.05) is 48.7 Å². The Bertz CT molecular complexity index is 514. The highest BCUT2D eigenvalue weighted by atomic mass is 79.9. The van der Waals surface area contributed by atoms with Crippen molar-refractivity contribution in [1.29, 1.82) is 5.26 Å². The Kier molecular flexibility index (Phi) is 6.22. The molecule has 0 radical (unpaired) electrons. The smallest absolute Gasteiger partial charge is 0.244 e. The summed E-state index contributed by atoms with van der Waals surface area (Å²) in [6.07, 6.45) is 2.82. The van der Waals surface area contributed by atoms with Gasteiger partial charge in [-0.3, -0.25) is 4.79 Å². The number of nitriles is 1. The lowest BCUT2D eigenvalue weighted by Gasteiger charge is -2.24. The number of aryl methyl sites for hydroxylation is 1. The number of nitrogens with zero attached hydrogens (tertiary/aromatic N) is 1. The van der Waals surface area contributed by atoms with E-state index in [9.17, 15) is 10.1 Å². The van der Waals surface area contributed by atoms with Crippen LogP contribution in [0.2, 0.25) is 0 Å². The molecule has 0 spiro atoms. The molecule has 0 atom stereocenters. The van der Waals surface area contributed by atoms with E-state index >= 15 is 0 Å². The number of hydrogen-bond acceptors (Lipinski definition) is 2. The van der Waals surface area contributed by atoms with Crippen molar-refractivity contribution in [2.24, 2.45) is 5.41 Å². The number of benzene rings is 1. The minimum atomic E-state index is -0.916. The molecule has 0 unspecified atom stereocenters. The molecular weight excluding hydrogens is 316 g/mol. The summed E-state index contributed by atoms with van der Waals surface area (Å²) in [4.78, 5) is 12.5. The van der Waals surface area contributed by atoms with Crippen LogP contribution in [-0.2, 0) is 4.79 Å². The van der Waals surface area contributed by atoms with Crippen molar-refractivity contribution in [3.8, 4) is 6.07 Å². The van der Waals surface area contributed by atoms with E-state index in [4.69, 9.17) is 0 Å². The van der Waals surface area contributed by atoms with Crippen LogP contribution >= 0.6 is 15.9 Å². The molecule has 3 nitrogen and oxygen atoms in total. The summed E-state index contributed by atoms with van der Waals surface area (Å²) in [5.41, 5.74) is 0.914.